The number of nitrogens with zero attached hydrogens (tertiary/aromatic N) is 1. The number of hydrogen-bond acceptors (Lipinski definition) is 2. The molecule has 16 heavy (non-hydrogen) atoms. The van der Waals surface area contributed by atoms with Crippen molar-refractivity contribution >= 4 is 5.82 Å². The Hall–Kier alpha value is -1.26. The summed E-state index contributed by atoms with van der Waals surface area (Å²) in [6.45, 7) is 2.91. The molecule has 1 aliphatic rings. The highest BCUT2D eigenvalue weighted by Crippen LogP contribution is 2.44. The number of anilines is 1. The van der Waals surface area contributed by atoms with Crippen LogP contribution in [0, 0.1) is 5.41 Å². The lowest BCUT2D eigenvalue weighted by molar-refractivity contribution is -0.137. The molecule has 0 amide bonds. The van der Waals surface area contributed by atoms with Gasteiger partial charge in [0.1, 0.15) is 5.82 Å². The summed E-state index contributed by atoms with van der Waals surface area (Å²) in [5.74, 6) is 0.501. The van der Waals surface area contributed by atoms with E-state index in [1.165, 1.54) is 18.9 Å². The fourth-order valence-corrected chi connectivity index (χ4v) is 1.36. The monoisotopic (exact) mass is 230 g/mol. The van der Waals surface area contributed by atoms with Crippen LogP contribution in [0.15, 0.2) is 18.3 Å². The van der Waals surface area contributed by atoms with E-state index in [4.69, 9.17) is 0 Å². The zero-order valence-corrected chi connectivity index (χ0v) is 8.93. The lowest BCUT2D eigenvalue weighted by Gasteiger charge is -2.11. The van der Waals surface area contributed by atoms with Gasteiger partial charge < -0.3 is 5.32 Å². The summed E-state index contributed by atoms with van der Waals surface area (Å²) in [5.41, 5.74) is -0.402. The molecule has 5 heteroatoms. The third kappa shape index (κ3) is 2.65. The molecule has 0 atom stereocenters. The van der Waals surface area contributed by atoms with Gasteiger partial charge in [0.25, 0.3) is 0 Å². The van der Waals surface area contributed by atoms with E-state index in [0.29, 0.717) is 11.2 Å². The van der Waals surface area contributed by atoms with E-state index in [-0.39, 0.29) is 0 Å². The van der Waals surface area contributed by atoms with Gasteiger partial charge in [-0.2, -0.15) is 13.2 Å². The molecule has 1 N–H and O–H groups in total. The molecule has 88 valence electrons. The number of halogens is 3. The van der Waals surface area contributed by atoms with Gasteiger partial charge >= 0.3 is 6.18 Å². The summed E-state index contributed by atoms with van der Waals surface area (Å²) in [6, 6.07) is 2.42. The van der Waals surface area contributed by atoms with Gasteiger partial charge in [-0.3, -0.25) is 0 Å². The standard InChI is InChI=1S/C11H13F3N2/c1-10(4-5-10)7-16-9-3-2-8(6-15-9)11(12,13)14/h2-3,6H,4-5,7H2,1H3,(H,15,16). The highest BCUT2D eigenvalue weighted by Gasteiger charge is 2.37. The predicted octanol–water partition coefficient (Wildman–Crippen LogP) is 3.31. The maximum absolute atomic E-state index is 12.2. The first-order valence-electron chi connectivity index (χ1n) is 5.16. The van der Waals surface area contributed by atoms with E-state index in [1.54, 1.807) is 0 Å². The molecule has 0 aromatic carbocycles. The first-order chi connectivity index (χ1) is 7.39. The van der Waals surface area contributed by atoms with Crippen LogP contribution in [-0.4, -0.2) is 11.5 Å². The van der Waals surface area contributed by atoms with Crippen molar-refractivity contribution in [3.63, 3.8) is 0 Å². The normalized spacial score (nSPS) is 18.2. The molecule has 0 aliphatic heterocycles. The van der Waals surface area contributed by atoms with Crippen molar-refractivity contribution in [2.24, 2.45) is 5.41 Å². The van der Waals surface area contributed by atoms with Crippen LogP contribution in [0.2, 0.25) is 0 Å². The van der Waals surface area contributed by atoms with Gasteiger partial charge in [-0.1, -0.05) is 6.92 Å². The zero-order chi connectivity index (χ0) is 11.8. The second kappa shape index (κ2) is 3.64. The molecule has 1 aliphatic carbocycles. The topological polar surface area (TPSA) is 24.9 Å². The highest BCUT2D eigenvalue weighted by molar-refractivity contribution is 5.36. The number of nitrogens with one attached hydrogen (secondary N) is 1. The lowest BCUT2D eigenvalue weighted by Crippen LogP contribution is -2.13. The van der Waals surface area contributed by atoms with E-state index in [2.05, 4.69) is 17.2 Å². The molecule has 2 nitrogen and oxygen atoms in total. The van der Waals surface area contributed by atoms with Crippen molar-refractivity contribution < 1.29 is 13.2 Å². The Morgan fingerprint density at radius 2 is 2.06 bits per heavy atom. The maximum atomic E-state index is 12.2. The largest absolute Gasteiger partial charge is 0.417 e. The van der Waals surface area contributed by atoms with Gasteiger partial charge in [-0.05, 0) is 30.4 Å². The fraction of sp³-hybridized carbons (Fsp3) is 0.545. The van der Waals surface area contributed by atoms with Crippen LogP contribution in [0.5, 0.6) is 0 Å². The van der Waals surface area contributed by atoms with Crippen molar-refractivity contribution in [3.05, 3.63) is 23.9 Å². The molecule has 1 saturated carbocycles. The van der Waals surface area contributed by atoms with Crippen molar-refractivity contribution in [2.45, 2.75) is 25.9 Å². The van der Waals surface area contributed by atoms with Crippen LogP contribution in [0.3, 0.4) is 0 Å². The van der Waals surface area contributed by atoms with E-state index < -0.39 is 11.7 Å². The van der Waals surface area contributed by atoms with E-state index in [1.807, 2.05) is 0 Å². The first kappa shape index (κ1) is 11.2. The van der Waals surface area contributed by atoms with Crippen LogP contribution in [-0.2, 0) is 6.18 Å². The quantitative estimate of drug-likeness (QED) is 0.861. The summed E-state index contributed by atoms with van der Waals surface area (Å²) in [6.07, 6.45) is -1.12. The number of hydrogen-bond donors (Lipinski definition) is 1. The van der Waals surface area contributed by atoms with E-state index in [0.717, 1.165) is 18.8 Å². The molecule has 0 radical (unpaired) electrons. The van der Waals surface area contributed by atoms with Gasteiger partial charge in [0.15, 0.2) is 0 Å². The van der Waals surface area contributed by atoms with Crippen LogP contribution in [0.25, 0.3) is 0 Å². The SMILES string of the molecule is CC1(CNc2ccc(C(F)(F)F)cn2)CC1. The molecule has 1 aromatic heterocycles. The molecular formula is C11H13F3N2. The molecule has 0 unspecified atom stereocenters. The van der Waals surface area contributed by atoms with Crippen molar-refractivity contribution in [1.29, 1.82) is 0 Å². The minimum Gasteiger partial charge on any atom is -0.370 e. The summed E-state index contributed by atoms with van der Waals surface area (Å²) in [7, 11) is 0. The number of aromatic nitrogens is 1. The second-order valence-electron chi connectivity index (χ2n) is 4.59. The molecule has 0 saturated heterocycles. The number of rotatable bonds is 3. The molecular weight excluding hydrogens is 217 g/mol. The summed E-state index contributed by atoms with van der Waals surface area (Å²) in [5, 5.41) is 3.05. The lowest BCUT2D eigenvalue weighted by atomic mass is 10.1. The van der Waals surface area contributed by atoms with Crippen LogP contribution in [0.4, 0.5) is 19.0 Å². The Morgan fingerprint density at radius 3 is 2.50 bits per heavy atom. The first-order valence-corrected chi connectivity index (χ1v) is 5.16. The maximum Gasteiger partial charge on any atom is 0.417 e. The predicted molar refractivity (Wildman–Crippen MR) is 55.1 cm³/mol. The van der Waals surface area contributed by atoms with Gasteiger partial charge in [-0.15, -0.1) is 0 Å². The van der Waals surface area contributed by atoms with Crippen molar-refractivity contribution in [3.8, 4) is 0 Å². The third-order valence-corrected chi connectivity index (χ3v) is 2.89. The summed E-state index contributed by atoms with van der Waals surface area (Å²) < 4.78 is 36.7. The van der Waals surface area contributed by atoms with Crippen LogP contribution in [0.1, 0.15) is 25.3 Å². The minimum absolute atomic E-state index is 0.310. The summed E-state index contributed by atoms with van der Waals surface area (Å²) >= 11 is 0. The van der Waals surface area contributed by atoms with Gasteiger partial charge in [0, 0.05) is 12.7 Å². The number of alkyl halides is 3. The molecule has 2 rings (SSSR count). The fourth-order valence-electron chi connectivity index (χ4n) is 1.36. The number of pyridine rings is 1. The van der Waals surface area contributed by atoms with Crippen molar-refractivity contribution in [1.82, 2.24) is 4.98 Å². The van der Waals surface area contributed by atoms with Crippen molar-refractivity contribution in [2.75, 3.05) is 11.9 Å². The van der Waals surface area contributed by atoms with Gasteiger partial charge in [0.2, 0.25) is 0 Å². The summed E-state index contributed by atoms with van der Waals surface area (Å²) in [4.78, 5) is 3.74. The third-order valence-electron chi connectivity index (χ3n) is 2.89. The zero-order valence-electron chi connectivity index (χ0n) is 8.93. The average molecular weight is 230 g/mol. The Bertz CT molecular complexity index is 366. The molecule has 1 heterocycles. The van der Waals surface area contributed by atoms with Gasteiger partial charge in [0.05, 0.1) is 5.56 Å². The molecule has 1 aromatic rings. The Labute approximate surface area is 91.9 Å². The Morgan fingerprint density at radius 1 is 1.38 bits per heavy atom. The average Bonchev–Trinajstić information content (AvgIpc) is 2.94. The van der Waals surface area contributed by atoms with E-state index in [9.17, 15) is 13.2 Å². The van der Waals surface area contributed by atoms with E-state index >= 15 is 0 Å². The van der Waals surface area contributed by atoms with Gasteiger partial charge in [-0.25, -0.2) is 4.98 Å². The molecule has 0 spiro atoms. The van der Waals surface area contributed by atoms with Crippen LogP contribution < -0.4 is 5.32 Å². The minimum atomic E-state index is -4.31. The smallest absolute Gasteiger partial charge is 0.370 e. The van der Waals surface area contributed by atoms with Crippen LogP contribution >= 0.6 is 0 Å². The Kier molecular flexibility index (Phi) is 2.56. The second-order valence-corrected chi connectivity index (χ2v) is 4.59. The highest BCUT2D eigenvalue weighted by atomic mass is 19.4. The Balaban J connectivity index is 1.96. The molecule has 1 fully saturated rings. The molecule has 0 bridgehead atoms.